The van der Waals surface area contributed by atoms with Gasteiger partial charge < -0.3 is 10.6 Å². The lowest BCUT2D eigenvalue weighted by molar-refractivity contribution is -0.137. The second-order valence-electron chi connectivity index (χ2n) is 6.68. The average Bonchev–Trinajstić information content (AvgIpc) is 2.76. The molecule has 8 heteroatoms. The van der Waals surface area contributed by atoms with E-state index in [9.17, 15) is 22.8 Å². The van der Waals surface area contributed by atoms with Gasteiger partial charge in [-0.3, -0.25) is 9.59 Å². The Kier molecular flexibility index (Phi) is 6.97. The standard InChI is InChI=1S/C23H18ClF3N2O2/c24-20-6-2-4-18(14-20)22(31)29-12-11-28-21(30)16-9-7-15(8-10-16)17-3-1-5-19(13-17)23(25,26)27/h1-10,13-14H,11-12H2,(H,28,30)(H,29,31). The molecule has 0 aliphatic rings. The van der Waals surface area contributed by atoms with Crippen LogP contribution in [0.1, 0.15) is 26.3 Å². The van der Waals surface area contributed by atoms with E-state index in [1.165, 1.54) is 18.2 Å². The number of carbonyl (C=O) groups excluding carboxylic acids is 2. The fourth-order valence-electron chi connectivity index (χ4n) is 2.88. The molecule has 31 heavy (non-hydrogen) atoms. The molecule has 3 rings (SSSR count). The first-order chi connectivity index (χ1) is 14.7. The number of hydrogen-bond acceptors (Lipinski definition) is 2. The largest absolute Gasteiger partial charge is 0.416 e. The van der Waals surface area contributed by atoms with Gasteiger partial charge in [0, 0.05) is 29.2 Å². The molecule has 0 unspecified atom stereocenters. The summed E-state index contributed by atoms with van der Waals surface area (Å²) in [6, 6.07) is 17.8. The van der Waals surface area contributed by atoms with Gasteiger partial charge in [-0.1, -0.05) is 41.9 Å². The highest BCUT2D eigenvalue weighted by Gasteiger charge is 2.30. The molecule has 0 bridgehead atoms. The molecule has 3 aromatic carbocycles. The summed E-state index contributed by atoms with van der Waals surface area (Å²) in [5.74, 6) is -0.658. The molecule has 0 saturated carbocycles. The van der Waals surface area contributed by atoms with Crippen LogP contribution in [0.3, 0.4) is 0 Å². The van der Waals surface area contributed by atoms with Crippen LogP contribution in [0.5, 0.6) is 0 Å². The molecule has 4 nitrogen and oxygen atoms in total. The summed E-state index contributed by atoms with van der Waals surface area (Å²) in [7, 11) is 0. The Morgan fingerprint density at radius 2 is 1.35 bits per heavy atom. The lowest BCUT2D eigenvalue weighted by atomic mass is 10.0. The van der Waals surface area contributed by atoms with Crippen molar-refractivity contribution in [1.29, 1.82) is 0 Å². The lowest BCUT2D eigenvalue weighted by Gasteiger charge is -2.10. The minimum absolute atomic E-state index is 0.209. The molecule has 0 atom stereocenters. The zero-order chi connectivity index (χ0) is 22.4. The Bertz CT molecular complexity index is 1080. The lowest BCUT2D eigenvalue weighted by Crippen LogP contribution is -2.34. The number of amides is 2. The maximum atomic E-state index is 12.9. The first-order valence-corrected chi connectivity index (χ1v) is 9.71. The predicted octanol–water partition coefficient (Wildman–Crippen LogP) is 5.19. The number of rotatable bonds is 6. The predicted molar refractivity (Wildman–Crippen MR) is 113 cm³/mol. The van der Waals surface area contributed by atoms with Crippen molar-refractivity contribution in [3.05, 3.63) is 94.5 Å². The summed E-state index contributed by atoms with van der Waals surface area (Å²) in [5, 5.41) is 5.81. The summed E-state index contributed by atoms with van der Waals surface area (Å²) in [6.07, 6.45) is -4.42. The van der Waals surface area contributed by atoms with Gasteiger partial charge in [-0.15, -0.1) is 0 Å². The van der Waals surface area contributed by atoms with Crippen molar-refractivity contribution < 1.29 is 22.8 Å². The Morgan fingerprint density at radius 3 is 1.97 bits per heavy atom. The second kappa shape index (κ2) is 9.66. The van der Waals surface area contributed by atoms with Crippen LogP contribution in [0.15, 0.2) is 72.8 Å². The molecule has 0 heterocycles. The highest BCUT2D eigenvalue weighted by atomic mass is 35.5. The summed E-state index contributed by atoms with van der Waals surface area (Å²) in [4.78, 5) is 24.3. The number of hydrogen-bond donors (Lipinski definition) is 2. The number of alkyl halides is 3. The molecule has 0 aliphatic carbocycles. The molecule has 2 amide bonds. The van der Waals surface area contributed by atoms with Crippen LogP contribution in [-0.2, 0) is 6.18 Å². The van der Waals surface area contributed by atoms with Gasteiger partial charge in [-0.25, -0.2) is 0 Å². The van der Waals surface area contributed by atoms with Gasteiger partial charge in [0.2, 0.25) is 0 Å². The number of nitrogens with one attached hydrogen (secondary N) is 2. The van der Waals surface area contributed by atoms with Crippen LogP contribution in [-0.4, -0.2) is 24.9 Å². The molecular weight excluding hydrogens is 429 g/mol. The molecule has 0 aromatic heterocycles. The first kappa shape index (κ1) is 22.4. The summed E-state index contributed by atoms with van der Waals surface area (Å²) in [5.41, 5.74) is 1.02. The number of benzene rings is 3. The van der Waals surface area contributed by atoms with E-state index in [1.807, 2.05) is 0 Å². The molecule has 2 N–H and O–H groups in total. The number of carbonyl (C=O) groups is 2. The SMILES string of the molecule is O=C(NCCNC(=O)c1cccc(Cl)c1)c1ccc(-c2cccc(C(F)(F)F)c2)cc1. The average molecular weight is 447 g/mol. The Hall–Kier alpha value is -3.32. The minimum atomic E-state index is -4.42. The molecule has 0 aliphatic heterocycles. The Morgan fingerprint density at radius 1 is 0.742 bits per heavy atom. The van der Waals surface area contributed by atoms with E-state index in [1.54, 1.807) is 42.5 Å². The third kappa shape index (κ3) is 6.08. The smallest absolute Gasteiger partial charge is 0.350 e. The van der Waals surface area contributed by atoms with Crippen molar-refractivity contribution in [2.45, 2.75) is 6.18 Å². The van der Waals surface area contributed by atoms with Gasteiger partial charge in [-0.2, -0.15) is 13.2 Å². The zero-order valence-electron chi connectivity index (χ0n) is 16.2. The molecule has 0 saturated heterocycles. The van der Waals surface area contributed by atoms with Crippen molar-refractivity contribution in [3.63, 3.8) is 0 Å². The fraction of sp³-hybridized carbons (Fsp3) is 0.130. The van der Waals surface area contributed by atoms with Crippen LogP contribution < -0.4 is 10.6 Å². The third-order valence-electron chi connectivity index (χ3n) is 4.45. The van der Waals surface area contributed by atoms with E-state index < -0.39 is 11.7 Å². The maximum Gasteiger partial charge on any atom is 0.416 e. The van der Waals surface area contributed by atoms with Gasteiger partial charge in [0.05, 0.1) is 5.56 Å². The van der Waals surface area contributed by atoms with E-state index in [4.69, 9.17) is 11.6 Å². The molecule has 0 fully saturated rings. The van der Waals surface area contributed by atoms with Crippen LogP contribution >= 0.6 is 11.6 Å². The molecule has 160 valence electrons. The van der Waals surface area contributed by atoms with Crippen LogP contribution in [0.25, 0.3) is 11.1 Å². The highest BCUT2D eigenvalue weighted by Crippen LogP contribution is 2.32. The van der Waals surface area contributed by atoms with Gasteiger partial charge in [-0.05, 0) is 53.6 Å². The van der Waals surface area contributed by atoms with Crippen LogP contribution in [0, 0.1) is 0 Å². The van der Waals surface area contributed by atoms with Gasteiger partial charge in [0.15, 0.2) is 0 Å². The van der Waals surface area contributed by atoms with E-state index in [0.29, 0.717) is 27.3 Å². The van der Waals surface area contributed by atoms with Crippen LogP contribution in [0.4, 0.5) is 13.2 Å². The van der Waals surface area contributed by atoms with Crippen molar-refractivity contribution in [2.75, 3.05) is 13.1 Å². The minimum Gasteiger partial charge on any atom is -0.350 e. The third-order valence-corrected chi connectivity index (χ3v) is 4.69. The van der Waals surface area contributed by atoms with E-state index in [0.717, 1.165) is 12.1 Å². The normalized spacial score (nSPS) is 11.1. The quantitative estimate of drug-likeness (QED) is 0.512. The van der Waals surface area contributed by atoms with Gasteiger partial charge in [0.1, 0.15) is 0 Å². The van der Waals surface area contributed by atoms with E-state index >= 15 is 0 Å². The van der Waals surface area contributed by atoms with Crippen LogP contribution in [0.2, 0.25) is 5.02 Å². The van der Waals surface area contributed by atoms with E-state index in [2.05, 4.69) is 10.6 Å². The monoisotopic (exact) mass is 446 g/mol. The Balaban J connectivity index is 1.53. The number of halogens is 4. The summed E-state index contributed by atoms with van der Waals surface area (Å²) >= 11 is 5.85. The molecular formula is C23H18ClF3N2O2. The van der Waals surface area contributed by atoms with Gasteiger partial charge in [0.25, 0.3) is 11.8 Å². The maximum absolute atomic E-state index is 12.9. The van der Waals surface area contributed by atoms with E-state index in [-0.39, 0.29) is 24.9 Å². The van der Waals surface area contributed by atoms with Crippen molar-refractivity contribution >= 4 is 23.4 Å². The molecule has 0 spiro atoms. The van der Waals surface area contributed by atoms with Crippen molar-refractivity contribution in [2.24, 2.45) is 0 Å². The van der Waals surface area contributed by atoms with Crippen molar-refractivity contribution in [3.8, 4) is 11.1 Å². The topological polar surface area (TPSA) is 58.2 Å². The summed E-state index contributed by atoms with van der Waals surface area (Å²) in [6.45, 7) is 0.430. The van der Waals surface area contributed by atoms with Crippen molar-refractivity contribution in [1.82, 2.24) is 10.6 Å². The second-order valence-corrected chi connectivity index (χ2v) is 7.11. The Labute approximate surface area is 182 Å². The summed E-state index contributed by atoms with van der Waals surface area (Å²) < 4.78 is 38.6. The molecule has 3 aromatic rings. The molecule has 0 radical (unpaired) electrons. The zero-order valence-corrected chi connectivity index (χ0v) is 16.9. The fourth-order valence-corrected chi connectivity index (χ4v) is 3.07. The first-order valence-electron chi connectivity index (χ1n) is 9.34. The van der Waals surface area contributed by atoms with Gasteiger partial charge >= 0.3 is 6.18 Å². The highest BCUT2D eigenvalue weighted by molar-refractivity contribution is 6.30.